The third-order valence-corrected chi connectivity index (χ3v) is 11.8. The molecule has 11 rings (SSSR count). The summed E-state index contributed by atoms with van der Waals surface area (Å²) in [5.74, 6) is 1.99. The van der Waals surface area contributed by atoms with Crippen molar-refractivity contribution >= 4 is 53.3 Å². The van der Waals surface area contributed by atoms with Crippen LogP contribution in [-0.2, 0) is 0 Å². The highest BCUT2D eigenvalue weighted by molar-refractivity contribution is 7.25. The molecular formula is C51H32N4S. The molecule has 0 saturated heterocycles. The van der Waals surface area contributed by atoms with Gasteiger partial charge in [-0.05, 0) is 70.8 Å². The third kappa shape index (κ3) is 5.56. The van der Waals surface area contributed by atoms with E-state index in [1.165, 1.54) is 69.9 Å². The molecule has 4 nitrogen and oxygen atoms in total. The molecule has 3 heterocycles. The van der Waals surface area contributed by atoms with Gasteiger partial charge in [-0.25, -0.2) is 15.0 Å². The van der Waals surface area contributed by atoms with Crippen molar-refractivity contribution in [2.24, 2.45) is 0 Å². The van der Waals surface area contributed by atoms with E-state index < -0.39 is 0 Å². The topological polar surface area (TPSA) is 43.6 Å². The summed E-state index contributed by atoms with van der Waals surface area (Å²) < 4.78 is 4.82. The number of hydrogen-bond acceptors (Lipinski definition) is 4. The Kier molecular flexibility index (Phi) is 7.64. The second-order valence-corrected chi connectivity index (χ2v) is 15.1. The first-order chi connectivity index (χ1) is 27.7. The van der Waals surface area contributed by atoms with Gasteiger partial charge in [0, 0.05) is 53.3 Å². The molecule has 56 heavy (non-hydrogen) atoms. The first-order valence-corrected chi connectivity index (χ1v) is 19.6. The molecule has 0 spiro atoms. The van der Waals surface area contributed by atoms with Crippen LogP contribution in [0.4, 0.5) is 0 Å². The summed E-state index contributed by atoms with van der Waals surface area (Å²) in [5.41, 5.74) is 11.3. The standard InChI is InChI=1S/C51H32N4S/c1-4-12-35(13-5-1)49-52-50(36-14-6-2-7-15-36)54-51(53-49)39-24-27-42-44-31-38(26-29-47(44)56-48(42)32-39)34-22-20-33(21-23-34)37-25-28-46-43(30-37)41-18-10-11-19-45(41)55(46)40-16-8-3-9-17-40/h1-32H. The Hall–Kier alpha value is -7.21. The number of benzene rings is 8. The quantitative estimate of drug-likeness (QED) is 0.171. The van der Waals surface area contributed by atoms with Crippen LogP contribution >= 0.6 is 11.3 Å². The van der Waals surface area contributed by atoms with E-state index in [9.17, 15) is 0 Å². The first kappa shape index (κ1) is 32.2. The molecular weight excluding hydrogens is 701 g/mol. The van der Waals surface area contributed by atoms with Crippen molar-refractivity contribution in [2.45, 2.75) is 0 Å². The predicted molar refractivity (Wildman–Crippen MR) is 234 cm³/mol. The highest BCUT2D eigenvalue weighted by Crippen LogP contribution is 2.40. The fourth-order valence-corrected chi connectivity index (χ4v) is 9.02. The maximum absolute atomic E-state index is 4.97. The summed E-state index contributed by atoms with van der Waals surface area (Å²) in [6, 6.07) is 68.8. The van der Waals surface area contributed by atoms with Crippen molar-refractivity contribution in [3.8, 4) is 62.1 Å². The molecule has 0 aliphatic rings. The van der Waals surface area contributed by atoms with E-state index >= 15 is 0 Å². The summed E-state index contributed by atoms with van der Waals surface area (Å²) in [5, 5.41) is 5.00. The number of hydrogen-bond donors (Lipinski definition) is 0. The molecule has 5 heteroatoms. The Bertz CT molecular complexity index is 3160. The molecule has 3 aromatic heterocycles. The van der Waals surface area contributed by atoms with Crippen molar-refractivity contribution in [2.75, 3.05) is 0 Å². The van der Waals surface area contributed by atoms with E-state index in [-0.39, 0.29) is 0 Å². The average molecular weight is 733 g/mol. The van der Waals surface area contributed by atoms with Gasteiger partial charge in [0.1, 0.15) is 0 Å². The van der Waals surface area contributed by atoms with Crippen LogP contribution in [0.25, 0.3) is 104 Å². The van der Waals surface area contributed by atoms with Crippen LogP contribution in [0.3, 0.4) is 0 Å². The zero-order valence-electron chi connectivity index (χ0n) is 30.2. The number of nitrogens with zero attached hydrogens (tertiary/aromatic N) is 4. The molecule has 0 N–H and O–H groups in total. The largest absolute Gasteiger partial charge is 0.309 e. The molecule has 0 saturated carbocycles. The Morgan fingerprint density at radius 2 is 0.804 bits per heavy atom. The third-order valence-electron chi connectivity index (χ3n) is 10.7. The van der Waals surface area contributed by atoms with Crippen LogP contribution in [-0.4, -0.2) is 19.5 Å². The fourth-order valence-electron chi connectivity index (χ4n) is 7.90. The number of thiophene rings is 1. The van der Waals surface area contributed by atoms with Crippen molar-refractivity contribution in [3.05, 3.63) is 194 Å². The van der Waals surface area contributed by atoms with E-state index in [0.717, 1.165) is 16.7 Å². The van der Waals surface area contributed by atoms with Crippen LogP contribution < -0.4 is 0 Å². The monoisotopic (exact) mass is 732 g/mol. The SMILES string of the molecule is c1ccc(-c2nc(-c3ccccc3)nc(-c3ccc4c(c3)sc3ccc(-c5ccc(-c6ccc7c(c6)c6ccccc6n7-c6ccccc6)cc5)cc34)n2)cc1. The van der Waals surface area contributed by atoms with Gasteiger partial charge in [-0.3, -0.25) is 0 Å². The highest BCUT2D eigenvalue weighted by Gasteiger charge is 2.16. The lowest BCUT2D eigenvalue weighted by atomic mass is 9.98. The maximum atomic E-state index is 4.97. The molecule has 0 amide bonds. The van der Waals surface area contributed by atoms with Crippen molar-refractivity contribution < 1.29 is 0 Å². The normalized spacial score (nSPS) is 11.6. The summed E-state index contributed by atoms with van der Waals surface area (Å²) in [6.45, 7) is 0. The number of fused-ring (bicyclic) bond motifs is 6. The minimum atomic E-state index is 0.665. The van der Waals surface area contributed by atoms with E-state index in [1.807, 2.05) is 60.7 Å². The molecule has 0 fully saturated rings. The Balaban J connectivity index is 0.932. The summed E-state index contributed by atoms with van der Waals surface area (Å²) in [6.07, 6.45) is 0. The minimum absolute atomic E-state index is 0.665. The highest BCUT2D eigenvalue weighted by atomic mass is 32.1. The van der Waals surface area contributed by atoms with Crippen molar-refractivity contribution in [3.63, 3.8) is 0 Å². The summed E-state index contributed by atoms with van der Waals surface area (Å²) in [4.78, 5) is 14.8. The van der Waals surface area contributed by atoms with Gasteiger partial charge in [0.15, 0.2) is 17.5 Å². The van der Waals surface area contributed by atoms with Gasteiger partial charge >= 0.3 is 0 Å². The first-order valence-electron chi connectivity index (χ1n) is 18.8. The van der Waals surface area contributed by atoms with E-state index in [4.69, 9.17) is 15.0 Å². The molecule has 0 bridgehead atoms. The lowest BCUT2D eigenvalue weighted by Crippen LogP contribution is -1.99. The Morgan fingerprint density at radius 3 is 1.46 bits per heavy atom. The van der Waals surface area contributed by atoms with E-state index in [0.29, 0.717) is 17.5 Å². The van der Waals surface area contributed by atoms with E-state index in [2.05, 4.69) is 138 Å². The zero-order chi connectivity index (χ0) is 37.0. The van der Waals surface area contributed by atoms with Gasteiger partial charge in [0.2, 0.25) is 0 Å². The van der Waals surface area contributed by atoms with Gasteiger partial charge in [-0.2, -0.15) is 0 Å². The summed E-state index contributed by atoms with van der Waals surface area (Å²) in [7, 11) is 0. The second-order valence-electron chi connectivity index (χ2n) is 14.1. The van der Waals surface area contributed by atoms with Crippen molar-refractivity contribution in [1.29, 1.82) is 0 Å². The van der Waals surface area contributed by atoms with Crippen LogP contribution in [0.1, 0.15) is 0 Å². The van der Waals surface area contributed by atoms with Gasteiger partial charge in [-0.1, -0.05) is 146 Å². The lowest BCUT2D eigenvalue weighted by Gasteiger charge is -2.09. The summed E-state index contributed by atoms with van der Waals surface area (Å²) >= 11 is 1.80. The zero-order valence-corrected chi connectivity index (χ0v) is 31.0. The van der Waals surface area contributed by atoms with Crippen LogP contribution in [0.15, 0.2) is 194 Å². The lowest BCUT2D eigenvalue weighted by molar-refractivity contribution is 1.07. The molecule has 11 aromatic rings. The maximum Gasteiger partial charge on any atom is 0.164 e. The molecule has 8 aromatic carbocycles. The van der Waals surface area contributed by atoms with Gasteiger partial charge in [0.05, 0.1) is 11.0 Å². The minimum Gasteiger partial charge on any atom is -0.309 e. The molecule has 0 radical (unpaired) electrons. The number of rotatable bonds is 6. The molecule has 0 unspecified atom stereocenters. The smallest absolute Gasteiger partial charge is 0.164 e. The predicted octanol–water partition coefficient (Wildman–Crippen LogP) is 13.7. The average Bonchev–Trinajstić information content (AvgIpc) is 3.82. The van der Waals surface area contributed by atoms with Crippen LogP contribution in [0, 0.1) is 0 Å². The van der Waals surface area contributed by atoms with Crippen LogP contribution in [0.2, 0.25) is 0 Å². The fraction of sp³-hybridized carbons (Fsp3) is 0. The van der Waals surface area contributed by atoms with Crippen molar-refractivity contribution in [1.82, 2.24) is 19.5 Å². The number of aromatic nitrogens is 4. The Labute approximate surface area is 327 Å². The molecule has 0 atom stereocenters. The molecule has 0 aliphatic carbocycles. The second kappa shape index (κ2) is 13.3. The molecule has 0 aliphatic heterocycles. The Morgan fingerprint density at radius 1 is 0.304 bits per heavy atom. The van der Waals surface area contributed by atoms with Crippen LogP contribution in [0.5, 0.6) is 0 Å². The van der Waals surface area contributed by atoms with Gasteiger partial charge < -0.3 is 4.57 Å². The number of para-hydroxylation sites is 2. The van der Waals surface area contributed by atoms with Gasteiger partial charge in [-0.15, -0.1) is 11.3 Å². The van der Waals surface area contributed by atoms with E-state index in [1.54, 1.807) is 11.3 Å². The van der Waals surface area contributed by atoms with Gasteiger partial charge in [0.25, 0.3) is 0 Å². The molecule has 262 valence electrons.